The van der Waals surface area contributed by atoms with Crippen LogP contribution in [0.5, 0.6) is 0 Å². The minimum atomic E-state index is -0.553. The number of hydrogen-bond donors (Lipinski definition) is 0. The predicted octanol–water partition coefficient (Wildman–Crippen LogP) is 2.47. The number of carbonyl (C=O) groups excluding carboxylic acids is 1. The van der Waals surface area contributed by atoms with E-state index in [0.717, 1.165) is 0 Å². The third-order valence-corrected chi connectivity index (χ3v) is 2.39. The van der Waals surface area contributed by atoms with Crippen LogP contribution in [0.15, 0.2) is 41.4 Å². The molecule has 1 aromatic carbocycles. The van der Waals surface area contributed by atoms with Crippen molar-refractivity contribution >= 4 is 21.8 Å². The highest BCUT2D eigenvalue weighted by Gasteiger charge is 2.12. The Kier molecular flexibility index (Phi) is 2.64. The summed E-state index contributed by atoms with van der Waals surface area (Å²) in [6.07, 6.45) is 4.28. The van der Waals surface area contributed by atoms with Crippen molar-refractivity contribution in [2.45, 2.75) is 0 Å². The summed E-state index contributed by atoms with van der Waals surface area (Å²) < 4.78 is 15.2. The van der Waals surface area contributed by atoms with E-state index < -0.39 is 11.7 Å². The van der Waals surface area contributed by atoms with Gasteiger partial charge in [-0.2, -0.15) is 0 Å². The molecule has 0 spiro atoms. The van der Waals surface area contributed by atoms with Crippen molar-refractivity contribution in [3.05, 3.63) is 52.8 Å². The fraction of sp³-hybridized carbons (Fsp3) is 0. The molecule has 0 saturated heterocycles. The van der Waals surface area contributed by atoms with Crippen LogP contribution >= 0.6 is 15.9 Å². The number of nitrogens with zero attached hydrogens (tertiary/aromatic N) is 2. The predicted molar refractivity (Wildman–Crippen MR) is 56.1 cm³/mol. The fourth-order valence-electron chi connectivity index (χ4n) is 1.18. The first kappa shape index (κ1) is 10.0. The summed E-state index contributed by atoms with van der Waals surface area (Å²) in [6, 6.07) is 4.30. The minimum Gasteiger partial charge on any atom is -0.272 e. The Hall–Kier alpha value is -1.49. The second-order valence-electron chi connectivity index (χ2n) is 2.90. The molecule has 2 aromatic rings. The van der Waals surface area contributed by atoms with Crippen molar-refractivity contribution in [2.24, 2.45) is 0 Å². The van der Waals surface area contributed by atoms with Gasteiger partial charge in [-0.15, -0.1) is 0 Å². The lowest BCUT2D eigenvalue weighted by Gasteiger charge is -2.02. The van der Waals surface area contributed by atoms with Gasteiger partial charge < -0.3 is 0 Å². The molecule has 3 nitrogen and oxygen atoms in total. The molecule has 0 fully saturated rings. The van der Waals surface area contributed by atoms with Crippen LogP contribution in [-0.4, -0.2) is 15.5 Å². The normalized spacial score (nSPS) is 10.3. The number of imidazole rings is 1. The molecule has 15 heavy (non-hydrogen) atoms. The summed E-state index contributed by atoms with van der Waals surface area (Å²) in [5.74, 6) is -0.986. The molecule has 0 unspecified atom stereocenters. The van der Waals surface area contributed by atoms with Gasteiger partial charge in [0.05, 0.1) is 5.56 Å². The monoisotopic (exact) mass is 268 g/mol. The molecule has 0 N–H and O–H groups in total. The van der Waals surface area contributed by atoms with Crippen molar-refractivity contribution in [1.82, 2.24) is 9.55 Å². The second kappa shape index (κ2) is 3.94. The fourth-order valence-corrected chi connectivity index (χ4v) is 1.51. The zero-order chi connectivity index (χ0) is 10.8. The van der Waals surface area contributed by atoms with Crippen LogP contribution in [0.2, 0.25) is 0 Å². The van der Waals surface area contributed by atoms with Crippen LogP contribution in [0, 0.1) is 5.82 Å². The number of halogens is 2. The first-order valence-corrected chi connectivity index (χ1v) is 4.95. The topological polar surface area (TPSA) is 34.9 Å². The summed E-state index contributed by atoms with van der Waals surface area (Å²) >= 11 is 3.12. The number of hydrogen-bond acceptors (Lipinski definition) is 2. The number of benzene rings is 1. The van der Waals surface area contributed by atoms with Crippen LogP contribution in [0.4, 0.5) is 4.39 Å². The van der Waals surface area contributed by atoms with E-state index in [2.05, 4.69) is 20.9 Å². The molecular formula is C10H6BrFN2O. The van der Waals surface area contributed by atoms with Gasteiger partial charge in [0.1, 0.15) is 12.1 Å². The van der Waals surface area contributed by atoms with E-state index >= 15 is 0 Å². The molecule has 1 aromatic heterocycles. The molecule has 0 aliphatic heterocycles. The lowest BCUT2D eigenvalue weighted by Crippen LogP contribution is -2.11. The maximum Gasteiger partial charge on any atom is 0.266 e. The van der Waals surface area contributed by atoms with Crippen LogP contribution in [0.3, 0.4) is 0 Å². The van der Waals surface area contributed by atoms with Crippen LogP contribution in [0.1, 0.15) is 10.4 Å². The van der Waals surface area contributed by atoms with Gasteiger partial charge in [-0.05, 0) is 18.2 Å². The van der Waals surface area contributed by atoms with Crippen molar-refractivity contribution in [3.63, 3.8) is 0 Å². The average Bonchev–Trinajstić information content (AvgIpc) is 2.69. The van der Waals surface area contributed by atoms with Crippen molar-refractivity contribution in [3.8, 4) is 0 Å². The first-order chi connectivity index (χ1) is 7.18. The van der Waals surface area contributed by atoms with E-state index in [-0.39, 0.29) is 5.56 Å². The Morgan fingerprint density at radius 2 is 2.27 bits per heavy atom. The Labute approximate surface area is 93.7 Å². The molecule has 2 rings (SSSR count). The highest BCUT2D eigenvalue weighted by molar-refractivity contribution is 9.10. The molecular weight excluding hydrogens is 263 g/mol. The van der Waals surface area contributed by atoms with Gasteiger partial charge >= 0.3 is 0 Å². The van der Waals surface area contributed by atoms with E-state index in [4.69, 9.17) is 0 Å². The van der Waals surface area contributed by atoms with Crippen LogP contribution in [0.25, 0.3) is 0 Å². The molecule has 5 heteroatoms. The number of carbonyl (C=O) groups is 1. The highest BCUT2D eigenvalue weighted by Crippen LogP contribution is 2.16. The van der Waals surface area contributed by atoms with E-state index in [1.165, 1.54) is 35.4 Å². The third-order valence-electron chi connectivity index (χ3n) is 1.90. The maximum absolute atomic E-state index is 13.4. The van der Waals surface area contributed by atoms with Gasteiger partial charge in [0.15, 0.2) is 0 Å². The van der Waals surface area contributed by atoms with Crippen LogP contribution in [-0.2, 0) is 0 Å². The smallest absolute Gasteiger partial charge is 0.266 e. The second-order valence-corrected chi connectivity index (χ2v) is 3.81. The lowest BCUT2D eigenvalue weighted by molar-refractivity contribution is 0.0956. The Balaban J connectivity index is 2.42. The maximum atomic E-state index is 13.4. The van der Waals surface area contributed by atoms with Crippen molar-refractivity contribution < 1.29 is 9.18 Å². The van der Waals surface area contributed by atoms with Crippen molar-refractivity contribution in [1.29, 1.82) is 0 Å². The molecule has 0 radical (unpaired) electrons. The SMILES string of the molecule is O=C(c1ccc(Br)cc1F)n1ccnc1. The molecule has 1 heterocycles. The van der Waals surface area contributed by atoms with E-state index in [1.54, 1.807) is 6.07 Å². The molecule has 0 saturated carbocycles. The van der Waals surface area contributed by atoms with E-state index in [9.17, 15) is 9.18 Å². The number of aromatic nitrogens is 2. The molecule has 0 bridgehead atoms. The Morgan fingerprint density at radius 1 is 1.47 bits per heavy atom. The minimum absolute atomic E-state index is 0.0243. The molecule has 0 amide bonds. The summed E-state index contributed by atoms with van der Waals surface area (Å²) in [6.45, 7) is 0. The number of rotatable bonds is 1. The molecule has 0 aliphatic carbocycles. The third kappa shape index (κ3) is 1.97. The van der Waals surface area contributed by atoms with Gasteiger partial charge in [-0.1, -0.05) is 15.9 Å². The zero-order valence-electron chi connectivity index (χ0n) is 7.52. The molecule has 0 atom stereocenters. The summed E-state index contributed by atoms with van der Waals surface area (Å²) in [5, 5.41) is 0. The summed E-state index contributed by atoms with van der Waals surface area (Å²) in [5.41, 5.74) is 0.0243. The van der Waals surface area contributed by atoms with Gasteiger partial charge in [0, 0.05) is 16.9 Å². The Bertz CT molecular complexity index is 496. The Morgan fingerprint density at radius 3 is 2.87 bits per heavy atom. The van der Waals surface area contributed by atoms with Crippen LogP contribution < -0.4 is 0 Å². The first-order valence-electron chi connectivity index (χ1n) is 4.16. The average molecular weight is 269 g/mol. The van der Waals surface area contributed by atoms with Gasteiger partial charge in [0.25, 0.3) is 5.91 Å². The standard InChI is InChI=1S/C10H6BrFN2O/c11-7-1-2-8(9(12)5-7)10(15)14-4-3-13-6-14/h1-6H. The largest absolute Gasteiger partial charge is 0.272 e. The lowest BCUT2D eigenvalue weighted by atomic mass is 10.2. The summed E-state index contributed by atoms with van der Waals surface area (Å²) in [7, 11) is 0. The highest BCUT2D eigenvalue weighted by atomic mass is 79.9. The van der Waals surface area contributed by atoms with Gasteiger partial charge in [0.2, 0.25) is 0 Å². The zero-order valence-corrected chi connectivity index (χ0v) is 9.11. The van der Waals surface area contributed by atoms with Gasteiger partial charge in [-0.3, -0.25) is 9.36 Å². The quantitative estimate of drug-likeness (QED) is 0.797. The molecule has 76 valence electrons. The summed E-state index contributed by atoms with van der Waals surface area (Å²) in [4.78, 5) is 15.4. The van der Waals surface area contributed by atoms with Gasteiger partial charge in [-0.25, -0.2) is 9.37 Å². The van der Waals surface area contributed by atoms with E-state index in [1.807, 2.05) is 0 Å². The van der Waals surface area contributed by atoms with Crippen molar-refractivity contribution in [2.75, 3.05) is 0 Å². The van der Waals surface area contributed by atoms with E-state index in [0.29, 0.717) is 4.47 Å². The molecule has 0 aliphatic rings.